The monoisotopic (exact) mass is 281 g/mol. The predicted molar refractivity (Wildman–Crippen MR) is 78.6 cm³/mol. The third kappa shape index (κ3) is 2.52. The van der Waals surface area contributed by atoms with Crippen LogP contribution in [0.15, 0.2) is 48.5 Å². The Labute approximate surface area is 122 Å². The molecular weight excluding hydrogens is 266 g/mol. The number of aromatic carboxylic acids is 1. The number of benzene rings is 2. The molecular formula is C17H15NO3. The maximum atomic E-state index is 12.2. The zero-order chi connectivity index (χ0) is 14.8. The molecule has 21 heavy (non-hydrogen) atoms. The van der Waals surface area contributed by atoms with Gasteiger partial charge in [0, 0.05) is 12.5 Å². The van der Waals surface area contributed by atoms with Gasteiger partial charge in [-0.1, -0.05) is 36.4 Å². The Bertz CT molecular complexity index is 709. The summed E-state index contributed by atoms with van der Waals surface area (Å²) in [6.45, 7) is 0.532. The molecule has 0 saturated heterocycles. The van der Waals surface area contributed by atoms with Crippen LogP contribution in [-0.4, -0.2) is 23.5 Å². The molecule has 2 N–H and O–H groups in total. The average molecular weight is 281 g/mol. The second-order valence-electron chi connectivity index (χ2n) is 5.16. The maximum Gasteiger partial charge on any atom is 0.336 e. The zero-order valence-corrected chi connectivity index (χ0v) is 11.4. The van der Waals surface area contributed by atoms with Gasteiger partial charge < -0.3 is 10.4 Å². The fourth-order valence-electron chi connectivity index (χ4n) is 2.72. The van der Waals surface area contributed by atoms with Crippen LogP contribution in [0.25, 0.3) is 0 Å². The Balaban J connectivity index is 1.67. The van der Waals surface area contributed by atoms with E-state index in [1.807, 2.05) is 12.1 Å². The molecule has 0 saturated carbocycles. The van der Waals surface area contributed by atoms with Crippen molar-refractivity contribution in [2.75, 3.05) is 6.54 Å². The smallest absolute Gasteiger partial charge is 0.336 e. The van der Waals surface area contributed by atoms with Gasteiger partial charge in [-0.2, -0.15) is 0 Å². The SMILES string of the molecule is O=C(O)c1ccccc1C(=O)NCC1Cc2ccccc21. The number of fused-ring (bicyclic) bond motifs is 1. The molecule has 4 nitrogen and oxygen atoms in total. The quantitative estimate of drug-likeness (QED) is 0.904. The molecule has 0 spiro atoms. The number of carbonyl (C=O) groups excluding carboxylic acids is 1. The van der Waals surface area contributed by atoms with Crippen molar-refractivity contribution < 1.29 is 14.7 Å². The van der Waals surface area contributed by atoms with Gasteiger partial charge in [-0.3, -0.25) is 4.79 Å². The van der Waals surface area contributed by atoms with E-state index in [4.69, 9.17) is 5.11 Å². The molecule has 106 valence electrons. The molecule has 1 amide bonds. The largest absolute Gasteiger partial charge is 0.478 e. The van der Waals surface area contributed by atoms with Crippen molar-refractivity contribution in [3.63, 3.8) is 0 Å². The van der Waals surface area contributed by atoms with Crippen LogP contribution in [0.3, 0.4) is 0 Å². The van der Waals surface area contributed by atoms with Crippen LogP contribution in [0.2, 0.25) is 0 Å². The molecule has 1 unspecified atom stereocenters. The van der Waals surface area contributed by atoms with Crippen molar-refractivity contribution in [3.8, 4) is 0 Å². The highest BCUT2D eigenvalue weighted by Crippen LogP contribution is 2.34. The lowest BCUT2D eigenvalue weighted by Crippen LogP contribution is -2.33. The van der Waals surface area contributed by atoms with Crippen molar-refractivity contribution in [1.82, 2.24) is 5.32 Å². The number of carbonyl (C=O) groups is 2. The lowest BCUT2D eigenvalue weighted by atomic mass is 9.77. The van der Waals surface area contributed by atoms with E-state index in [2.05, 4.69) is 17.4 Å². The van der Waals surface area contributed by atoms with Crippen LogP contribution in [0.1, 0.15) is 37.8 Å². The van der Waals surface area contributed by atoms with Crippen LogP contribution in [-0.2, 0) is 6.42 Å². The van der Waals surface area contributed by atoms with Gasteiger partial charge in [-0.05, 0) is 29.7 Å². The van der Waals surface area contributed by atoms with Crippen LogP contribution < -0.4 is 5.32 Å². The Morgan fingerprint density at radius 1 is 1.05 bits per heavy atom. The second kappa shape index (κ2) is 5.40. The Kier molecular flexibility index (Phi) is 3.44. The van der Waals surface area contributed by atoms with E-state index < -0.39 is 5.97 Å². The molecule has 2 aromatic carbocycles. The number of amides is 1. The predicted octanol–water partition coefficient (Wildman–Crippen LogP) is 2.45. The highest BCUT2D eigenvalue weighted by Gasteiger charge is 2.26. The third-order valence-corrected chi connectivity index (χ3v) is 3.87. The van der Waals surface area contributed by atoms with Crippen molar-refractivity contribution in [1.29, 1.82) is 0 Å². The highest BCUT2D eigenvalue weighted by atomic mass is 16.4. The standard InChI is InChI=1S/C17H15NO3/c19-16(14-7-3-4-8-15(14)17(20)21)18-10-12-9-11-5-1-2-6-13(11)12/h1-8,12H,9-10H2,(H,18,19)(H,20,21). The fourth-order valence-corrected chi connectivity index (χ4v) is 2.72. The number of hydrogen-bond donors (Lipinski definition) is 2. The molecule has 0 fully saturated rings. The first kappa shape index (κ1) is 13.4. The van der Waals surface area contributed by atoms with Crippen molar-refractivity contribution >= 4 is 11.9 Å². The summed E-state index contributed by atoms with van der Waals surface area (Å²) >= 11 is 0. The highest BCUT2D eigenvalue weighted by molar-refractivity contribution is 6.04. The van der Waals surface area contributed by atoms with Crippen molar-refractivity contribution in [2.45, 2.75) is 12.3 Å². The molecule has 1 aliphatic carbocycles. The first-order valence-corrected chi connectivity index (χ1v) is 6.85. The minimum atomic E-state index is -1.09. The summed E-state index contributed by atoms with van der Waals surface area (Å²) in [4.78, 5) is 23.3. The van der Waals surface area contributed by atoms with Crippen LogP contribution >= 0.6 is 0 Å². The summed E-state index contributed by atoms with van der Waals surface area (Å²) in [6, 6.07) is 14.4. The summed E-state index contributed by atoms with van der Waals surface area (Å²) in [5.41, 5.74) is 2.83. The van der Waals surface area contributed by atoms with Crippen LogP contribution in [0.5, 0.6) is 0 Å². The van der Waals surface area contributed by atoms with Gasteiger partial charge in [0.25, 0.3) is 5.91 Å². The molecule has 1 aliphatic rings. The Hall–Kier alpha value is -2.62. The molecule has 4 heteroatoms. The minimum absolute atomic E-state index is 0.0315. The molecule has 0 aromatic heterocycles. The number of carboxylic acids is 1. The number of carboxylic acid groups (broad SMARTS) is 1. The van der Waals surface area contributed by atoms with Gasteiger partial charge >= 0.3 is 5.97 Å². The lowest BCUT2D eigenvalue weighted by Gasteiger charge is -2.30. The van der Waals surface area contributed by atoms with E-state index in [1.165, 1.54) is 23.3 Å². The van der Waals surface area contributed by atoms with E-state index in [1.54, 1.807) is 12.1 Å². The molecule has 0 radical (unpaired) electrons. The van der Waals surface area contributed by atoms with Crippen molar-refractivity contribution in [3.05, 3.63) is 70.8 Å². The molecule has 0 aliphatic heterocycles. The zero-order valence-electron chi connectivity index (χ0n) is 11.4. The normalized spacial score (nSPS) is 15.7. The van der Waals surface area contributed by atoms with Crippen LogP contribution in [0, 0.1) is 0 Å². The van der Waals surface area contributed by atoms with E-state index >= 15 is 0 Å². The first-order valence-electron chi connectivity index (χ1n) is 6.85. The average Bonchev–Trinajstić information content (AvgIpc) is 2.48. The van der Waals surface area contributed by atoms with E-state index in [0.717, 1.165) is 6.42 Å². The summed E-state index contributed by atoms with van der Waals surface area (Å²) in [5.74, 6) is -1.10. The minimum Gasteiger partial charge on any atom is -0.478 e. The lowest BCUT2D eigenvalue weighted by molar-refractivity contribution is 0.0691. The van der Waals surface area contributed by atoms with E-state index in [0.29, 0.717) is 12.5 Å². The Morgan fingerprint density at radius 3 is 2.43 bits per heavy atom. The van der Waals surface area contributed by atoms with Gasteiger partial charge in [0.15, 0.2) is 0 Å². The Morgan fingerprint density at radius 2 is 1.71 bits per heavy atom. The van der Waals surface area contributed by atoms with E-state index in [-0.39, 0.29) is 17.0 Å². The summed E-state index contributed by atoms with van der Waals surface area (Å²) < 4.78 is 0. The summed E-state index contributed by atoms with van der Waals surface area (Å²) in [7, 11) is 0. The summed E-state index contributed by atoms with van der Waals surface area (Å²) in [6.07, 6.45) is 0.955. The van der Waals surface area contributed by atoms with Gasteiger partial charge in [0.2, 0.25) is 0 Å². The number of hydrogen-bond acceptors (Lipinski definition) is 2. The molecule has 2 aromatic rings. The number of rotatable bonds is 4. The summed E-state index contributed by atoms with van der Waals surface area (Å²) in [5, 5.41) is 11.9. The van der Waals surface area contributed by atoms with Gasteiger partial charge in [0.05, 0.1) is 11.1 Å². The molecule has 0 bridgehead atoms. The molecule has 0 heterocycles. The molecule has 3 rings (SSSR count). The fraction of sp³-hybridized carbons (Fsp3) is 0.176. The maximum absolute atomic E-state index is 12.2. The number of nitrogens with one attached hydrogen (secondary N) is 1. The molecule has 1 atom stereocenters. The second-order valence-corrected chi connectivity index (χ2v) is 5.16. The van der Waals surface area contributed by atoms with E-state index in [9.17, 15) is 9.59 Å². The van der Waals surface area contributed by atoms with Gasteiger partial charge in [-0.15, -0.1) is 0 Å². The third-order valence-electron chi connectivity index (χ3n) is 3.87. The van der Waals surface area contributed by atoms with Gasteiger partial charge in [0.1, 0.15) is 0 Å². The van der Waals surface area contributed by atoms with Crippen LogP contribution in [0.4, 0.5) is 0 Å². The first-order chi connectivity index (χ1) is 10.2. The topological polar surface area (TPSA) is 66.4 Å². The van der Waals surface area contributed by atoms with Crippen molar-refractivity contribution in [2.24, 2.45) is 0 Å². The van der Waals surface area contributed by atoms with Gasteiger partial charge in [-0.25, -0.2) is 4.79 Å².